The summed E-state index contributed by atoms with van der Waals surface area (Å²) in [7, 11) is -3.77. The van der Waals surface area contributed by atoms with Gasteiger partial charge in [-0.05, 0) is 36.8 Å². The number of rotatable bonds is 6. The first kappa shape index (κ1) is 21.5. The lowest BCUT2D eigenvalue weighted by molar-refractivity contribution is -0.120. The first-order valence-electron chi connectivity index (χ1n) is 8.77. The molecule has 0 aliphatic carbocycles. The third-order valence-corrected chi connectivity index (χ3v) is 6.27. The number of sulfonamides is 1. The summed E-state index contributed by atoms with van der Waals surface area (Å²) in [5.41, 5.74) is 0.943. The number of anilines is 1. The monoisotopic (exact) mass is 458 g/mol. The van der Waals surface area contributed by atoms with Crippen LogP contribution in [0.2, 0.25) is 10.0 Å². The molecule has 0 saturated heterocycles. The second-order valence-electron chi connectivity index (χ2n) is 6.53. The van der Waals surface area contributed by atoms with E-state index in [4.69, 9.17) is 32.7 Å². The van der Waals surface area contributed by atoms with E-state index in [-0.39, 0.29) is 21.8 Å². The zero-order valence-corrected chi connectivity index (χ0v) is 18.1. The average Bonchev–Trinajstić information content (AvgIpc) is 2.67. The molecule has 3 rings (SSSR count). The molecule has 0 aromatic heterocycles. The van der Waals surface area contributed by atoms with E-state index in [9.17, 15) is 13.2 Å². The minimum atomic E-state index is -3.77. The van der Waals surface area contributed by atoms with E-state index in [1.807, 2.05) is 6.07 Å². The van der Waals surface area contributed by atoms with Crippen LogP contribution in [0.4, 0.5) is 5.69 Å². The number of benzene rings is 2. The molecule has 1 aliphatic heterocycles. The molecular formula is C19H20Cl2N2O5S. The fraction of sp³-hybridized carbons (Fsp3) is 0.316. The quantitative estimate of drug-likeness (QED) is 0.716. The van der Waals surface area contributed by atoms with Crippen molar-refractivity contribution in [3.05, 3.63) is 52.0 Å². The highest BCUT2D eigenvalue weighted by molar-refractivity contribution is 7.92. The Morgan fingerprint density at radius 2 is 1.86 bits per heavy atom. The molecule has 1 amide bonds. The van der Waals surface area contributed by atoms with E-state index in [1.54, 1.807) is 25.1 Å². The standard InChI is InChI=1S/C19H20Cl2N2O5S/c1-12(13-6-7-16-17(10-13)28-9-8-27-16)22-18(24)11-23(29(2,25)26)15-5-3-4-14(20)19(15)21/h3-7,10,12H,8-9,11H2,1-2H3,(H,22,24)/t12-/m1/s1. The summed E-state index contributed by atoms with van der Waals surface area (Å²) in [6.45, 7) is 2.31. The predicted molar refractivity (Wildman–Crippen MR) is 113 cm³/mol. The highest BCUT2D eigenvalue weighted by Crippen LogP contribution is 2.34. The van der Waals surface area contributed by atoms with Crippen molar-refractivity contribution in [3.63, 3.8) is 0 Å². The number of fused-ring (bicyclic) bond motifs is 1. The number of carbonyl (C=O) groups is 1. The van der Waals surface area contributed by atoms with Crippen LogP contribution in [-0.4, -0.2) is 40.3 Å². The van der Waals surface area contributed by atoms with Gasteiger partial charge >= 0.3 is 0 Å². The number of nitrogens with zero attached hydrogens (tertiary/aromatic N) is 1. The Morgan fingerprint density at radius 3 is 2.55 bits per heavy atom. The van der Waals surface area contributed by atoms with Gasteiger partial charge in [0.05, 0.1) is 28.0 Å². The maximum atomic E-state index is 12.6. The van der Waals surface area contributed by atoms with Gasteiger partial charge in [0, 0.05) is 0 Å². The normalized spacial score (nSPS) is 14.2. The highest BCUT2D eigenvalue weighted by Gasteiger charge is 2.25. The summed E-state index contributed by atoms with van der Waals surface area (Å²) < 4.78 is 36.5. The number of carbonyl (C=O) groups excluding carboxylic acids is 1. The molecule has 1 atom stereocenters. The summed E-state index contributed by atoms with van der Waals surface area (Å²) in [5, 5.41) is 3.05. The lowest BCUT2D eigenvalue weighted by Gasteiger charge is -2.25. The van der Waals surface area contributed by atoms with E-state index < -0.39 is 22.5 Å². The molecule has 0 saturated carbocycles. The molecule has 0 unspecified atom stereocenters. The van der Waals surface area contributed by atoms with Crippen LogP contribution in [-0.2, 0) is 14.8 Å². The minimum Gasteiger partial charge on any atom is -0.486 e. The molecule has 0 radical (unpaired) electrons. The maximum Gasteiger partial charge on any atom is 0.241 e. The summed E-state index contributed by atoms with van der Waals surface area (Å²) in [5.74, 6) is 0.768. The van der Waals surface area contributed by atoms with Crippen molar-refractivity contribution in [2.24, 2.45) is 0 Å². The lowest BCUT2D eigenvalue weighted by atomic mass is 10.1. The van der Waals surface area contributed by atoms with E-state index in [0.29, 0.717) is 24.7 Å². The molecule has 0 fully saturated rings. The SMILES string of the molecule is C[C@@H](NC(=O)CN(c1cccc(Cl)c1Cl)S(C)(=O)=O)c1ccc2c(c1)OCCO2. The summed E-state index contributed by atoms with van der Waals surface area (Å²) in [4.78, 5) is 12.6. The van der Waals surface area contributed by atoms with E-state index >= 15 is 0 Å². The van der Waals surface area contributed by atoms with E-state index in [0.717, 1.165) is 16.1 Å². The molecule has 0 bridgehead atoms. The van der Waals surface area contributed by atoms with Gasteiger partial charge < -0.3 is 14.8 Å². The molecule has 1 heterocycles. The second-order valence-corrected chi connectivity index (χ2v) is 9.23. The Morgan fingerprint density at radius 1 is 1.17 bits per heavy atom. The van der Waals surface area contributed by atoms with Crippen molar-refractivity contribution in [2.75, 3.05) is 30.3 Å². The summed E-state index contributed by atoms with van der Waals surface area (Å²) in [6, 6.07) is 9.61. The van der Waals surface area contributed by atoms with Crippen LogP contribution in [0.3, 0.4) is 0 Å². The molecular weight excluding hydrogens is 439 g/mol. The van der Waals surface area contributed by atoms with Gasteiger partial charge in [-0.15, -0.1) is 0 Å². The molecule has 2 aromatic rings. The van der Waals surface area contributed by atoms with Crippen molar-refractivity contribution in [1.82, 2.24) is 5.32 Å². The summed E-state index contributed by atoms with van der Waals surface area (Å²) in [6.07, 6.45) is 1.00. The summed E-state index contributed by atoms with van der Waals surface area (Å²) >= 11 is 12.1. The van der Waals surface area contributed by atoms with Gasteiger partial charge in [0.2, 0.25) is 15.9 Å². The van der Waals surface area contributed by atoms with Gasteiger partial charge in [-0.3, -0.25) is 9.10 Å². The number of hydrogen-bond donors (Lipinski definition) is 1. The van der Waals surface area contributed by atoms with Gasteiger partial charge in [0.1, 0.15) is 19.8 Å². The Hall–Kier alpha value is -2.16. The molecule has 1 N–H and O–H groups in total. The molecule has 0 spiro atoms. The van der Waals surface area contributed by atoms with Gasteiger partial charge in [-0.2, -0.15) is 0 Å². The van der Waals surface area contributed by atoms with Crippen LogP contribution in [0.1, 0.15) is 18.5 Å². The van der Waals surface area contributed by atoms with Gasteiger partial charge in [0.25, 0.3) is 0 Å². The first-order chi connectivity index (χ1) is 13.7. The van der Waals surface area contributed by atoms with Crippen molar-refractivity contribution in [1.29, 1.82) is 0 Å². The van der Waals surface area contributed by atoms with Crippen LogP contribution in [0.5, 0.6) is 11.5 Å². The molecule has 10 heteroatoms. The van der Waals surface area contributed by atoms with E-state index in [2.05, 4.69) is 5.32 Å². The Kier molecular flexibility index (Phi) is 6.45. The van der Waals surface area contributed by atoms with Gasteiger partial charge in [-0.1, -0.05) is 35.3 Å². The van der Waals surface area contributed by atoms with Crippen LogP contribution in [0.25, 0.3) is 0 Å². The second kappa shape index (κ2) is 8.69. The van der Waals surface area contributed by atoms with Crippen molar-refractivity contribution >= 4 is 44.8 Å². The smallest absolute Gasteiger partial charge is 0.241 e. The average molecular weight is 459 g/mol. The van der Waals surface area contributed by atoms with Crippen LogP contribution >= 0.6 is 23.2 Å². The zero-order chi connectivity index (χ0) is 21.2. The Bertz CT molecular complexity index is 1030. The largest absolute Gasteiger partial charge is 0.486 e. The topological polar surface area (TPSA) is 84.9 Å². The number of hydrogen-bond acceptors (Lipinski definition) is 5. The number of ether oxygens (including phenoxy) is 2. The van der Waals surface area contributed by atoms with E-state index in [1.165, 1.54) is 12.1 Å². The van der Waals surface area contributed by atoms with Crippen molar-refractivity contribution < 1.29 is 22.7 Å². The predicted octanol–water partition coefficient (Wildman–Crippen LogP) is 3.41. The van der Waals surface area contributed by atoms with Crippen molar-refractivity contribution in [3.8, 4) is 11.5 Å². The first-order valence-corrected chi connectivity index (χ1v) is 11.4. The van der Waals surface area contributed by atoms with Crippen LogP contribution in [0.15, 0.2) is 36.4 Å². The molecule has 7 nitrogen and oxygen atoms in total. The van der Waals surface area contributed by atoms with Gasteiger partial charge in [0.15, 0.2) is 11.5 Å². The third-order valence-electron chi connectivity index (χ3n) is 4.33. The Labute approximate surface area is 179 Å². The fourth-order valence-electron chi connectivity index (χ4n) is 2.90. The van der Waals surface area contributed by atoms with Crippen molar-refractivity contribution in [2.45, 2.75) is 13.0 Å². The third kappa shape index (κ3) is 5.07. The molecule has 1 aliphatic rings. The maximum absolute atomic E-state index is 12.6. The molecule has 2 aromatic carbocycles. The lowest BCUT2D eigenvalue weighted by Crippen LogP contribution is -2.41. The number of halogens is 2. The number of nitrogens with one attached hydrogen (secondary N) is 1. The molecule has 29 heavy (non-hydrogen) atoms. The number of amides is 1. The molecule has 156 valence electrons. The zero-order valence-electron chi connectivity index (χ0n) is 15.8. The Balaban J connectivity index is 1.76. The van der Waals surface area contributed by atoms with Crippen LogP contribution < -0.4 is 19.1 Å². The minimum absolute atomic E-state index is 0.0623. The highest BCUT2D eigenvalue weighted by atomic mass is 35.5. The van der Waals surface area contributed by atoms with Crippen LogP contribution in [0, 0.1) is 0 Å². The fourth-order valence-corrected chi connectivity index (χ4v) is 4.21. The van der Waals surface area contributed by atoms with Gasteiger partial charge in [-0.25, -0.2) is 8.42 Å².